The van der Waals surface area contributed by atoms with E-state index in [9.17, 15) is 4.79 Å². The first-order chi connectivity index (χ1) is 8.51. The molecule has 6 nitrogen and oxygen atoms in total. The monoisotopic (exact) mass is 271 g/mol. The summed E-state index contributed by atoms with van der Waals surface area (Å²) in [6.07, 6.45) is 0. The predicted octanol–water partition coefficient (Wildman–Crippen LogP) is 0.913. The highest BCUT2D eigenvalue weighted by atomic mass is 32.1. The Hall–Kier alpha value is -1.21. The molecule has 1 rings (SSSR count). The second-order valence-electron chi connectivity index (χ2n) is 4.56. The molecular formula is C11H21N5OS. The number of hydrogen-bond donors (Lipinski definition) is 2. The summed E-state index contributed by atoms with van der Waals surface area (Å²) in [4.78, 5) is 13.0. The molecule has 1 heterocycles. The lowest BCUT2D eigenvalue weighted by Gasteiger charge is -2.21. The lowest BCUT2D eigenvalue weighted by Crippen LogP contribution is -2.35. The molecule has 1 amide bonds. The summed E-state index contributed by atoms with van der Waals surface area (Å²) in [7, 11) is 0. The maximum atomic E-state index is 11.0. The Morgan fingerprint density at radius 2 is 2.22 bits per heavy atom. The maximum Gasteiger partial charge on any atom is 0.231 e. The van der Waals surface area contributed by atoms with Crippen molar-refractivity contribution >= 4 is 22.4 Å². The Bertz CT molecular complexity index is 379. The maximum absolute atomic E-state index is 11.0. The number of aromatic nitrogens is 2. The van der Waals surface area contributed by atoms with Crippen LogP contribution in [-0.2, 0) is 11.3 Å². The summed E-state index contributed by atoms with van der Waals surface area (Å²) in [5.74, 6) is 0.164. The van der Waals surface area contributed by atoms with Crippen LogP contribution in [0.4, 0.5) is 5.13 Å². The molecule has 18 heavy (non-hydrogen) atoms. The molecule has 0 aliphatic heterocycles. The lowest BCUT2D eigenvalue weighted by atomic mass is 10.2. The summed E-state index contributed by atoms with van der Waals surface area (Å²) in [5, 5.41) is 13.0. The van der Waals surface area contributed by atoms with Gasteiger partial charge < -0.3 is 11.1 Å². The fourth-order valence-corrected chi connectivity index (χ4v) is 2.50. The molecule has 3 N–H and O–H groups in total. The lowest BCUT2D eigenvalue weighted by molar-refractivity contribution is -0.119. The van der Waals surface area contributed by atoms with Crippen LogP contribution >= 0.6 is 11.3 Å². The Morgan fingerprint density at radius 1 is 1.50 bits per heavy atom. The van der Waals surface area contributed by atoms with Crippen LogP contribution in [0.2, 0.25) is 0 Å². The van der Waals surface area contributed by atoms with Crippen LogP contribution in [0, 0.1) is 5.92 Å². The molecular weight excluding hydrogens is 250 g/mol. The molecule has 0 aliphatic carbocycles. The van der Waals surface area contributed by atoms with Gasteiger partial charge >= 0.3 is 0 Å². The minimum absolute atomic E-state index is 0.258. The Labute approximate surface area is 112 Å². The highest BCUT2D eigenvalue weighted by molar-refractivity contribution is 7.15. The SMILES string of the molecule is CCNc1nnc(CN(CC(N)=O)CC(C)C)s1. The van der Waals surface area contributed by atoms with Crippen molar-refractivity contribution in [2.75, 3.05) is 25.0 Å². The highest BCUT2D eigenvalue weighted by Crippen LogP contribution is 2.17. The number of carbonyl (C=O) groups is 1. The molecule has 0 fully saturated rings. The second kappa shape index (κ2) is 7.27. The summed E-state index contributed by atoms with van der Waals surface area (Å²) >= 11 is 1.51. The van der Waals surface area contributed by atoms with Gasteiger partial charge in [-0.1, -0.05) is 25.2 Å². The van der Waals surface area contributed by atoms with E-state index in [0.29, 0.717) is 12.5 Å². The fraction of sp³-hybridized carbons (Fsp3) is 0.727. The summed E-state index contributed by atoms with van der Waals surface area (Å²) in [6, 6.07) is 0. The molecule has 1 aromatic heterocycles. The third-order valence-electron chi connectivity index (χ3n) is 2.16. The minimum atomic E-state index is -0.313. The van der Waals surface area contributed by atoms with E-state index in [4.69, 9.17) is 5.73 Å². The zero-order chi connectivity index (χ0) is 13.5. The number of carbonyl (C=O) groups excluding carboxylic acids is 1. The zero-order valence-corrected chi connectivity index (χ0v) is 12.0. The Kier molecular flexibility index (Phi) is 6.00. The van der Waals surface area contributed by atoms with E-state index < -0.39 is 0 Å². The van der Waals surface area contributed by atoms with E-state index in [-0.39, 0.29) is 12.5 Å². The van der Waals surface area contributed by atoms with Crippen LogP contribution in [0.15, 0.2) is 0 Å². The number of amides is 1. The van der Waals surface area contributed by atoms with Gasteiger partial charge in [0.2, 0.25) is 11.0 Å². The van der Waals surface area contributed by atoms with Gasteiger partial charge in [-0.3, -0.25) is 9.69 Å². The normalized spacial score (nSPS) is 11.2. The smallest absolute Gasteiger partial charge is 0.231 e. The molecule has 0 aliphatic rings. The van der Waals surface area contributed by atoms with Gasteiger partial charge in [-0.2, -0.15) is 0 Å². The van der Waals surface area contributed by atoms with Crippen LogP contribution < -0.4 is 11.1 Å². The van der Waals surface area contributed by atoms with Gasteiger partial charge in [0, 0.05) is 13.1 Å². The van der Waals surface area contributed by atoms with Gasteiger partial charge in [0.05, 0.1) is 13.1 Å². The van der Waals surface area contributed by atoms with Crippen molar-refractivity contribution in [3.05, 3.63) is 5.01 Å². The van der Waals surface area contributed by atoms with Crippen molar-refractivity contribution in [3.63, 3.8) is 0 Å². The van der Waals surface area contributed by atoms with E-state index in [1.54, 1.807) is 0 Å². The van der Waals surface area contributed by atoms with Crippen molar-refractivity contribution in [1.82, 2.24) is 15.1 Å². The Morgan fingerprint density at radius 3 is 2.78 bits per heavy atom. The quantitative estimate of drug-likeness (QED) is 0.734. The van der Waals surface area contributed by atoms with Crippen LogP contribution in [0.3, 0.4) is 0 Å². The van der Waals surface area contributed by atoms with Crippen LogP contribution in [0.1, 0.15) is 25.8 Å². The third kappa shape index (κ3) is 5.42. The van der Waals surface area contributed by atoms with Gasteiger partial charge in [0.15, 0.2) is 0 Å². The summed E-state index contributed by atoms with van der Waals surface area (Å²) < 4.78 is 0. The molecule has 0 radical (unpaired) electrons. The number of nitrogens with one attached hydrogen (secondary N) is 1. The molecule has 1 aromatic rings. The standard InChI is InChI=1S/C11H21N5OS/c1-4-13-11-15-14-10(18-11)7-16(5-8(2)3)6-9(12)17/h8H,4-7H2,1-3H3,(H2,12,17)(H,13,15). The van der Waals surface area contributed by atoms with Crippen molar-refractivity contribution in [1.29, 1.82) is 0 Å². The third-order valence-corrected chi connectivity index (χ3v) is 3.02. The van der Waals surface area contributed by atoms with Gasteiger partial charge in [0.25, 0.3) is 0 Å². The molecule has 0 bridgehead atoms. The molecule has 102 valence electrons. The van der Waals surface area contributed by atoms with Gasteiger partial charge in [-0.25, -0.2) is 0 Å². The van der Waals surface area contributed by atoms with E-state index >= 15 is 0 Å². The number of nitrogens with two attached hydrogens (primary N) is 1. The molecule has 7 heteroatoms. The number of nitrogens with zero attached hydrogens (tertiary/aromatic N) is 3. The van der Waals surface area contributed by atoms with Crippen molar-refractivity contribution in [2.45, 2.75) is 27.3 Å². The van der Waals surface area contributed by atoms with E-state index in [0.717, 1.165) is 23.2 Å². The number of hydrogen-bond acceptors (Lipinski definition) is 6. The average Bonchev–Trinajstić information content (AvgIpc) is 2.64. The molecule has 0 atom stereocenters. The van der Waals surface area contributed by atoms with Crippen molar-refractivity contribution in [2.24, 2.45) is 11.7 Å². The summed E-state index contributed by atoms with van der Waals surface area (Å²) in [6.45, 7) is 8.75. The van der Waals surface area contributed by atoms with Gasteiger partial charge in [-0.15, -0.1) is 10.2 Å². The fourth-order valence-electron chi connectivity index (χ4n) is 1.65. The summed E-state index contributed by atoms with van der Waals surface area (Å²) in [5.41, 5.74) is 5.25. The van der Waals surface area contributed by atoms with Crippen LogP contribution in [0.5, 0.6) is 0 Å². The molecule has 0 saturated heterocycles. The zero-order valence-electron chi connectivity index (χ0n) is 11.1. The first kappa shape index (κ1) is 14.8. The van der Waals surface area contributed by atoms with E-state index in [1.165, 1.54) is 11.3 Å². The van der Waals surface area contributed by atoms with Crippen molar-refractivity contribution < 1.29 is 4.79 Å². The van der Waals surface area contributed by atoms with Crippen LogP contribution in [-0.4, -0.2) is 40.6 Å². The molecule has 0 unspecified atom stereocenters. The van der Waals surface area contributed by atoms with Gasteiger partial charge in [-0.05, 0) is 12.8 Å². The van der Waals surface area contributed by atoms with Crippen molar-refractivity contribution in [3.8, 4) is 0 Å². The molecule has 0 saturated carbocycles. The minimum Gasteiger partial charge on any atom is -0.369 e. The van der Waals surface area contributed by atoms with E-state index in [1.807, 2.05) is 11.8 Å². The first-order valence-corrected chi connectivity index (χ1v) is 6.89. The first-order valence-electron chi connectivity index (χ1n) is 6.08. The van der Waals surface area contributed by atoms with Gasteiger partial charge in [0.1, 0.15) is 5.01 Å². The average molecular weight is 271 g/mol. The number of anilines is 1. The van der Waals surface area contributed by atoms with Crippen LogP contribution in [0.25, 0.3) is 0 Å². The molecule has 0 spiro atoms. The largest absolute Gasteiger partial charge is 0.369 e. The van der Waals surface area contributed by atoms with E-state index in [2.05, 4.69) is 29.4 Å². The topological polar surface area (TPSA) is 84.1 Å². The molecule has 0 aromatic carbocycles. The Balaban J connectivity index is 2.59. The number of rotatable bonds is 8. The highest BCUT2D eigenvalue weighted by Gasteiger charge is 2.13. The predicted molar refractivity (Wildman–Crippen MR) is 73.4 cm³/mol. The second-order valence-corrected chi connectivity index (χ2v) is 5.62. The number of primary amides is 1.